The van der Waals surface area contributed by atoms with E-state index in [1.165, 1.54) is 0 Å². The van der Waals surface area contributed by atoms with E-state index in [2.05, 4.69) is 14.9 Å². The van der Waals surface area contributed by atoms with Gasteiger partial charge in [-0.05, 0) is 19.8 Å². The van der Waals surface area contributed by atoms with Crippen molar-refractivity contribution in [3.8, 4) is 0 Å². The van der Waals surface area contributed by atoms with E-state index >= 15 is 0 Å². The normalized spacial score (nSPS) is 17.1. The molecule has 0 bridgehead atoms. The van der Waals surface area contributed by atoms with Gasteiger partial charge in [0.25, 0.3) is 5.56 Å². The minimum atomic E-state index is -0.0659. The Bertz CT molecular complexity index is 436. The maximum Gasteiger partial charge on any atom is 0.252 e. The highest BCUT2D eigenvalue weighted by Gasteiger charge is 2.20. The van der Waals surface area contributed by atoms with E-state index in [-0.39, 0.29) is 5.56 Å². The molecule has 1 aliphatic heterocycles. The van der Waals surface area contributed by atoms with Crippen molar-refractivity contribution in [2.24, 2.45) is 0 Å². The zero-order valence-corrected chi connectivity index (χ0v) is 11.1. The molecule has 18 heavy (non-hydrogen) atoms. The van der Waals surface area contributed by atoms with E-state index < -0.39 is 0 Å². The zero-order valence-electron chi connectivity index (χ0n) is 11.1. The molecule has 0 aromatic carbocycles. The van der Waals surface area contributed by atoms with Crippen LogP contribution in [0.4, 0.5) is 5.82 Å². The largest absolute Gasteiger partial charge is 0.378 e. The Labute approximate surface area is 107 Å². The number of nitrogens with one attached hydrogen (secondary N) is 1. The monoisotopic (exact) mass is 251 g/mol. The van der Waals surface area contributed by atoms with E-state index in [0.29, 0.717) is 6.10 Å². The van der Waals surface area contributed by atoms with E-state index in [1.807, 2.05) is 13.8 Å². The second-order valence-corrected chi connectivity index (χ2v) is 4.55. The Morgan fingerprint density at radius 2 is 2.17 bits per heavy atom. The van der Waals surface area contributed by atoms with Crippen molar-refractivity contribution in [2.45, 2.75) is 39.2 Å². The summed E-state index contributed by atoms with van der Waals surface area (Å²) in [5.41, 5.74) is -0.0659. The molecule has 2 heterocycles. The lowest BCUT2D eigenvalue weighted by Gasteiger charge is -2.32. The quantitative estimate of drug-likeness (QED) is 0.877. The predicted octanol–water partition coefficient (Wildman–Crippen LogP) is 1.34. The molecule has 100 valence electrons. The van der Waals surface area contributed by atoms with Crippen molar-refractivity contribution in [3.63, 3.8) is 0 Å². The molecule has 1 aromatic heterocycles. The number of rotatable bonds is 4. The molecule has 0 radical (unpaired) electrons. The molecule has 1 saturated heterocycles. The fourth-order valence-electron chi connectivity index (χ4n) is 2.31. The van der Waals surface area contributed by atoms with Crippen LogP contribution < -0.4 is 10.5 Å². The van der Waals surface area contributed by atoms with E-state index in [4.69, 9.17) is 4.74 Å². The third-order valence-electron chi connectivity index (χ3n) is 3.28. The van der Waals surface area contributed by atoms with Crippen molar-refractivity contribution in [3.05, 3.63) is 22.2 Å². The Morgan fingerprint density at radius 1 is 1.44 bits per heavy atom. The molecule has 0 saturated carbocycles. The lowest BCUT2D eigenvalue weighted by Crippen LogP contribution is -2.38. The number of H-pyrrole nitrogens is 1. The van der Waals surface area contributed by atoms with Crippen LogP contribution in [0.1, 0.15) is 32.5 Å². The first-order chi connectivity index (χ1) is 8.72. The first kappa shape index (κ1) is 13.1. The molecule has 1 fully saturated rings. The zero-order chi connectivity index (χ0) is 13.0. The first-order valence-corrected chi connectivity index (χ1v) is 6.69. The predicted molar refractivity (Wildman–Crippen MR) is 71.1 cm³/mol. The van der Waals surface area contributed by atoms with Crippen LogP contribution in [0.3, 0.4) is 0 Å². The van der Waals surface area contributed by atoms with Crippen molar-refractivity contribution in [1.82, 2.24) is 9.97 Å². The summed E-state index contributed by atoms with van der Waals surface area (Å²) in [6.45, 7) is 6.60. The lowest BCUT2D eigenvalue weighted by atomic mass is 10.1. The summed E-state index contributed by atoms with van der Waals surface area (Å²) in [6, 6.07) is 1.58. The molecular weight excluding hydrogens is 230 g/mol. The van der Waals surface area contributed by atoms with Gasteiger partial charge in [-0.2, -0.15) is 0 Å². The van der Waals surface area contributed by atoms with Crippen LogP contribution in [0, 0.1) is 0 Å². The fourth-order valence-corrected chi connectivity index (χ4v) is 2.31. The number of aromatic nitrogens is 2. The van der Waals surface area contributed by atoms with Crippen molar-refractivity contribution in [2.75, 3.05) is 24.6 Å². The Morgan fingerprint density at radius 3 is 2.78 bits per heavy atom. The summed E-state index contributed by atoms with van der Waals surface area (Å²) < 4.78 is 5.62. The van der Waals surface area contributed by atoms with Crippen LogP contribution in [0.25, 0.3) is 0 Å². The molecule has 5 nitrogen and oxygen atoms in total. The number of hydrogen-bond acceptors (Lipinski definition) is 4. The van der Waals surface area contributed by atoms with E-state index in [9.17, 15) is 4.79 Å². The number of aromatic amines is 1. The van der Waals surface area contributed by atoms with Crippen LogP contribution in [-0.4, -0.2) is 35.8 Å². The third kappa shape index (κ3) is 3.10. The maximum atomic E-state index is 11.5. The van der Waals surface area contributed by atoms with Crippen LogP contribution >= 0.6 is 0 Å². The van der Waals surface area contributed by atoms with Crippen molar-refractivity contribution in [1.29, 1.82) is 0 Å². The van der Waals surface area contributed by atoms with Gasteiger partial charge in [0.2, 0.25) is 0 Å². The third-order valence-corrected chi connectivity index (χ3v) is 3.28. The smallest absolute Gasteiger partial charge is 0.252 e. The van der Waals surface area contributed by atoms with Gasteiger partial charge in [-0.15, -0.1) is 0 Å². The van der Waals surface area contributed by atoms with Gasteiger partial charge in [-0.3, -0.25) is 4.79 Å². The van der Waals surface area contributed by atoms with Crippen molar-refractivity contribution >= 4 is 5.82 Å². The van der Waals surface area contributed by atoms with Gasteiger partial charge < -0.3 is 14.6 Å². The van der Waals surface area contributed by atoms with Gasteiger partial charge in [0.15, 0.2) is 0 Å². The summed E-state index contributed by atoms with van der Waals surface area (Å²) in [7, 11) is 0. The highest BCUT2D eigenvalue weighted by atomic mass is 16.5. The lowest BCUT2D eigenvalue weighted by molar-refractivity contribution is 0.0458. The maximum absolute atomic E-state index is 11.5. The topological polar surface area (TPSA) is 58.2 Å². The highest BCUT2D eigenvalue weighted by molar-refractivity contribution is 5.38. The molecule has 0 unspecified atom stereocenters. The molecule has 2 rings (SSSR count). The second-order valence-electron chi connectivity index (χ2n) is 4.55. The molecule has 0 amide bonds. The Hall–Kier alpha value is -1.36. The summed E-state index contributed by atoms with van der Waals surface area (Å²) >= 11 is 0. The SMILES string of the molecule is CCOC1CCN(c2cc(=O)[nH]c(CC)n2)CC1. The number of aryl methyl sites for hydroxylation is 1. The minimum Gasteiger partial charge on any atom is -0.378 e. The highest BCUT2D eigenvalue weighted by Crippen LogP contribution is 2.18. The van der Waals surface area contributed by atoms with E-state index in [1.54, 1.807) is 6.07 Å². The standard InChI is InChI=1S/C13H21N3O2/c1-3-11-14-12(9-13(17)15-11)16-7-5-10(6-8-16)18-4-2/h9-10H,3-8H2,1-2H3,(H,14,15,17). The van der Waals surface area contributed by atoms with Gasteiger partial charge in [-0.1, -0.05) is 6.92 Å². The van der Waals surface area contributed by atoms with E-state index in [0.717, 1.165) is 50.6 Å². The summed E-state index contributed by atoms with van der Waals surface area (Å²) in [5.74, 6) is 1.55. The minimum absolute atomic E-state index is 0.0659. The molecular formula is C13H21N3O2. The molecule has 1 aromatic rings. The van der Waals surface area contributed by atoms with Crippen LogP contribution in [-0.2, 0) is 11.2 Å². The van der Waals surface area contributed by atoms with Crippen LogP contribution in [0.2, 0.25) is 0 Å². The molecule has 0 spiro atoms. The molecule has 5 heteroatoms. The summed E-state index contributed by atoms with van der Waals surface area (Å²) in [5, 5.41) is 0. The number of nitrogens with zero attached hydrogens (tertiary/aromatic N) is 2. The Kier molecular flexibility index (Phi) is 4.36. The van der Waals surface area contributed by atoms with Gasteiger partial charge in [-0.25, -0.2) is 4.98 Å². The first-order valence-electron chi connectivity index (χ1n) is 6.69. The molecule has 1 aliphatic rings. The van der Waals surface area contributed by atoms with Crippen LogP contribution in [0.15, 0.2) is 10.9 Å². The fraction of sp³-hybridized carbons (Fsp3) is 0.692. The van der Waals surface area contributed by atoms with Crippen LogP contribution in [0.5, 0.6) is 0 Å². The summed E-state index contributed by atoms with van der Waals surface area (Å²) in [6.07, 6.45) is 3.12. The average molecular weight is 251 g/mol. The number of ether oxygens (including phenoxy) is 1. The average Bonchev–Trinajstić information content (AvgIpc) is 2.39. The van der Waals surface area contributed by atoms with Gasteiger partial charge in [0.1, 0.15) is 11.6 Å². The van der Waals surface area contributed by atoms with Gasteiger partial charge in [0, 0.05) is 32.2 Å². The Balaban J connectivity index is 2.05. The second kappa shape index (κ2) is 6.00. The number of anilines is 1. The molecule has 0 aliphatic carbocycles. The molecule has 1 N–H and O–H groups in total. The van der Waals surface area contributed by atoms with Gasteiger partial charge in [0.05, 0.1) is 6.10 Å². The number of piperidine rings is 1. The summed E-state index contributed by atoms with van der Waals surface area (Å²) in [4.78, 5) is 20.9. The number of hydrogen-bond donors (Lipinski definition) is 1. The van der Waals surface area contributed by atoms with Crippen molar-refractivity contribution < 1.29 is 4.74 Å². The molecule has 0 atom stereocenters. The van der Waals surface area contributed by atoms with Gasteiger partial charge >= 0.3 is 0 Å².